The van der Waals surface area contributed by atoms with Crippen LogP contribution in [0.2, 0.25) is 0 Å². The molecule has 0 unspecified atom stereocenters. The van der Waals surface area contributed by atoms with Crippen molar-refractivity contribution in [1.82, 2.24) is 29.8 Å². The van der Waals surface area contributed by atoms with Crippen LogP contribution in [0.5, 0.6) is 0 Å². The summed E-state index contributed by atoms with van der Waals surface area (Å²) in [5, 5.41) is 24.9. The van der Waals surface area contributed by atoms with E-state index in [0.29, 0.717) is 18.2 Å². The first-order valence-corrected chi connectivity index (χ1v) is 19.3. The molecule has 0 radical (unpaired) electrons. The Morgan fingerprint density at radius 2 is 1.23 bits per heavy atom. The summed E-state index contributed by atoms with van der Waals surface area (Å²) in [6.45, 7) is 11.2. The van der Waals surface area contributed by atoms with E-state index in [2.05, 4.69) is 65.9 Å². The summed E-state index contributed by atoms with van der Waals surface area (Å²) in [7, 11) is 0. The summed E-state index contributed by atoms with van der Waals surface area (Å²) in [6, 6.07) is 47.3. The van der Waals surface area contributed by atoms with Crippen molar-refractivity contribution in [3.63, 3.8) is 0 Å². The van der Waals surface area contributed by atoms with Crippen LogP contribution in [0, 0.1) is 0 Å². The molecule has 10 nitrogen and oxygen atoms in total. The standard InChI is InChI=1S/C47H48N6O4/c1-32(2)56-31-41-48-43(46(5,6)55)42(45(54)57-33(3)4)52(41)30-34-26-28-35(29-27-34)39-24-16-17-25-40(39)44-49-50-51-53(44)47(36-18-10-7-11-19-36,37-20-12-8-13-21-37)38-22-14-9-15-23-38/h7-29,32-33,55H,30-31H2,1-6H3. The second-order valence-electron chi connectivity index (χ2n) is 15.1. The van der Waals surface area contributed by atoms with Gasteiger partial charge in [-0.1, -0.05) is 140 Å². The number of aliphatic hydroxyl groups is 1. The Hall–Kier alpha value is -6.23. The second-order valence-corrected chi connectivity index (χ2v) is 15.1. The van der Waals surface area contributed by atoms with Gasteiger partial charge in [0.15, 0.2) is 11.5 Å². The fraction of sp³-hybridized carbons (Fsp3) is 0.255. The molecule has 0 bridgehead atoms. The number of esters is 1. The number of nitrogens with zero attached hydrogens (tertiary/aromatic N) is 6. The molecule has 7 rings (SSSR count). The van der Waals surface area contributed by atoms with E-state index in [0.717, 1.165) is 38.9 Å². The van der Waals surface area contributed by atoms with Crippen LogP contribution in [0.1, 0.15) is 85.8 Å². The van der Waals surface area contributed by atoms with Crippen LogP contribution in [-0.4, -0.2) is 53.0 Å². The molecule has 5 aromatic carbocycles. The van der Waals surface area contributed by atoms with Gasteiger partial charge in [-0.05, 0) is 85.3 Å². The van der Waals surface area contributed by atoms with Crippen LogP contribution in [0.3, 0.4) is 0 Å². The molecule has 10 heteroatoms. The van der Waals surface area contributed by atoms with Gasteiger partial charge in [0, 0.05) is 12.1 Å². The van der Waals surface area contributed by atoms with Crippen LogP contribution in [0.4, 0.5) is 0 Å². The molecule has 0 spiro atoms. The molecule has 290 valence electrons. The van der Waals surface area contributed by atoms with E-state index >= 15 is 0 Å². The number of tetrazole rings is 1. The summed E-state index contributed by atoms with van der Waals surface area (Å²) >= 11 is 0. The topological polar surface area (TPSA) is 117 Å². The molecule has 7 aromatic rings. The maximum Gasteiger partial charge on any atom is 0.357 e. The third-order valence-electron chi connectivity index (χ3n) is 9.84. The molecule has 0 saturated carbocycles. The van der Waals surface area contributed by atoms with Gasteiger partial charge >= 0.3 is 5.97 Å². The third kappa shape index (κ3) is 7.92. The Morgan fingerprint density at radius 1 is 0.702 bits per heavy atom. The summed E-state index contributed by atoms with van der Waals surface area (Å²) in [5.74, 6) is 0.578. The van der Waals surface area contributed by atoms with Gasteiger partial charge in [-0.25, -0.2) is 14.5 Å². The lowest BCUT2D eigenvalue weighted by Crippen LogP contribution is -2.39. The van der Waals surface area contributed by atoms with E-state index < -0.39 is 17.1 Å². The zero-order valence-corrected chi connectivity index (χ0v) is 33.2. The van der Waals surface area contributed by atoms with Gasteiger partial charge in [-0.2, -0.15) is 0 Å². The fourth-order valence-electron chi connectivity index (χ4n) is 7.31. The molecular weight excluding hydrogens is 713 g/mol. The lowest BCUT2D eigenvalue weighted by atomic mass is 9.77. The number of hydrogen-bond acceptors (Lipinski definition) is 8. The van der Waals surface area contributed by atoms with Crippen molar-refractivity contribution in [3.05, 3.63) is 179 Å². The summed E-state index contributed by atoms with van der Waals surface area (Å²) in [5.41, 5.74) is 4.87. The lowest BCUT2D eigenvalue weighted by Gasteiger charge is -2.36. The summed E-state index contributed by atoms with van der Waals surface area (Å²) in [4.78, 5) is 18.3. The third-order valence-corrected chi connectivity index (χ3v) is 9.84. The molecule has 0 saturated heterocycles. The van der Waals surface area contributed by atoms with Crippen molar-refractivity contribution < 1.29 is 19.4 Å². The SMILES string of the molecule is CC(C)OCc1nc(C(C)(C)O)c(C(=O)OC(C)C)n1Cc1ccc(-c2ccccc2-c2nnnn2C(c2ccccc2)(c2ccccc2)c2ccccc2)cc1. The molecule has 0 atom stereocenters. The quantitative estimate of drug-likeness (QED) is 0.0864. The van der Waals surface area contributed by atoms with Crippen molar-refractivity contribution in [3.8, 4) is 22.5 Å². The molecule has 0 aliphatic heterocycles. The Kier molecular flexibility index (Phi) is 11.3. The number of ether oxygens (including phenoxy) is 2. The summed E-state index contributed by atoms with van der Waals surface area (Å²) in [6.07, 6.45) is -0.421. The number of rotatable bonds is 14. The molecule has 2 heterocycles. The van der Waals surface area contributed by atoms with Gasteiger partial charge in [0.25, 0.3) is 0 Å². The second kappa shape index (κ2) is 16.5. The maximum absolute atomic E-state index is 13.6. The van der Waals surface area contributed by atoms with Crippen molar-refractivity contribution in [1.29, 1.82) is 0 Å². The highest BCUT2D eigenvalue weighted by Gasteiger charge is 2.42. The van der Waals surface area contributed by atoms with Gasteiger partial charge in [-0.3, -0.25) is 0 Å². The van der Waals surface area contributed by atoms with Crippen LogP contribution >= 0.6 is 0 Å². The number of imidazole rings is 1. The van der Waals surface area contributed by atoms with Gasteiger partial charge < -0.3 is 19.1 Å². The van der Waals surface area contributed by atoms with Gasteiger partial charge in [0.2, 0.25) is 0 Å². The largest absolute Gasteiger partial charge is 0.458 e. The van der Waals surface area contributed by atoms with E-state index in [-0.39, 0.29) is 30.2 Å². The molecular formula is C47H48N6O4. The highest BCUT2D eigenvalue weighted by Crippen LogP contribution is 2.43. The van der Waals surface area contributed by atoms with Gasteiger partial charge in [-0.15, -0.1) is 5.10 Å². The van der Waals surface area contributed by atoms with E-state index in [1.54, 1.807) is 32.3 Å². The minimum absolute atomic E-state index is 0.0645. The molecule has 0 aliphatic rings. The van der Waals surface area contributed by atoms with E-state index in [1.165, 1.54) is 0 Å². The maximum atomic E-state index is 13.6. The molecule has 2 aromatic heterocycles. The average Bonchev–Trinajstić information content (AvgIpc) is 3.85. The lowest BCUT2D eigenvalue weighted by molar-refractivity contribution is 0.0333. The molecule has 1 N–H and O–H groups in total. The molecule has 0 aliphatic carbocycles. The fourth-order valence-corrected chi connectivity index (χ4v) is 7.31. The minimum atomic E-state index is -1.40. The number of carbonyl (C=O) groups is 1. The average molecular weight is 761 g/mol. The van der Waals surface area contributed by atoms with Crippen molar-refractivity contribution in [2.75, 3.05) is 0 Å². The van der Waals surface area contributed by atoms with E-state index in [1.807, 2.05) is 97.4 Å². The Balaban J connectivity index is 1.32. The van der Waals surface area contributed by atoms with Crippen molar-refractivity contribution in [2.24, 2.45) is 0 Å². The Labute approximate surface area is 333 Å². The normalized spacial score (nSPS) is 12.0. The monoisotopic (exact) mass is 760 g/mol. The first kappa shape index (κ1) is 39.0. The summed E-state index contributed by atoms with van der Waals surface area (Å²) < 4.78 is 15.4. The highest BCUT2D eigenvalue weighted by atomic mass is 16.5. The number of aromatic nitrogens is 6. The smallest absolute Gasteiger partial charge is 0.357 e. The number of carbonyl (C=O) groups excluding carboxylic acids is 1. The minimum Gasteiger partial charge on any atom is -0.458 e. The predicted molar refractivity (Wildman–Crippen MR) is 220 cm³/mol. The highest BCUT2D eigenvalue weighted by molar-refractivity contribution is 5.89. The number of hydrogen-bond donors (Lipinski definition) is 1. The number of benzene rings is 5. The van der Waals surface area contributed by atoms with Gasteiger partial charge in [0.05, 0.1) is 12.2 Å². The zero-order chi connectivity index (χ0) is 40.2. The predicted octanol–water partition coefficient (Wildman–Crippen LogP) is 8.81. The van der Waals surface area contributed by atoms with Crippen molar-refractivity contribution in [2.45, 2.75) is 78.0 Å². The molecule has 57 heavy (non-hydrogen) atoms. The molecule has 0 amide bonds. The Bertz CT molecular complexity index is 2320. The Morgan fingerprint density at radius 3 is 1.74 bits per heavy atom. The van der Waals surface area contributed by atoms with Crippen LogP contribution < -0.4 is 0 Å². The zero-order valence-electron chi connectivity index (χ0n) is 33.2. The first-order chi connectivity index (χ1) is 27.5. The van der Waals surface area contributed by atoms with Crippen LogP contribution in [0.15, 0.2) is 140 Å². The van der Waals surface area contributed by atoms with Crippen LogP contribution in [0.25, 0.3) is 22.5 Å². The van der Waals surface area contributed by atoms with E-state index in [9.17, 15) is 9.90 Å². The van der Waals surface area contributed by atoms with E-state index in [4.69, 9.17) is 24.8 Å². The van der Waals surface area contributed by atoms with Gasteiger partial charge in [0.1, 0.15) is 29.3 Å². The molecule has 0 fully saturated rings. The van der Waals surface area contributed by atoms with Crippen LogP contribution in [-0.2, 0) is 33.8 Å². The first-order valence-electron chi connectivity index (χ1n) is 19.3. The van der Waals surface area contributed by atoms with Crippen molar-refractivity contribution >= 4 is 5.97 Å².